The van der Waals surface area contributed by atoms with Crippen molar-refractivity contribution < 1.29 is 4.79 Å². The van der Waals surface area contributed by atoms with Gasteiger partial charge in [-0.15, -0.1) is 0 Å². The standard InChI is InChI=1S/C14H20N2O/c1-10(9-11-3-2-4-11)16-13-7-5-12(6-8-13)14(15)17/h5-8,10-11,16H,2-4,9H2,1H3,(H2,15,17). The molecular formula is C14H20N2O. The largest absolute Gasteiger partial charge is 0.383 e. The van der Waals surface area contributed by atoms with Crippen molar-refractivity contribution >= 4 is 11.6 Å². The lowest BCUT2D eigenvalue weighted by molar-refractivity contribution is 0.100. The Hall–Kier alpha value is -1.51. The van der Waals surface area contributed by atoms with Crippen molar-refractivity contribution in [1.82, 2.24) is 0 Å². The Kier molecular flexibility index (Phi) is 3.67. The highest BCUT2D eigenvalue weighted by Gasteiger charge is 2.19. The van der Waals surface area contributed by atoms with E-state index >= 15 is 0 Å². The minimum Gasteiger partial charge on any atom is -0.383 e. The second kappa shape index (κ2) is 5.21. The van der Waals surface area contributed by atoms with Crippen LogP contribution >= 0.6 is 0 Å². The number of hydrogen-bond acceptors (Lipinski definition) is 2. The van der Waals surface area contributed by atoms with Gasteiger partial charge in [-0.05, 0) is 43.5 Å². The lowest BCUT2D eigenvalue weighted by Gasteiger charge is -2.28. The third-order valence-corrected chi connectivity index (χ3v) is 3.49. The van der Waals surface area contributed by atoms with Gasteiger partial charge < -0.3 is 11.1 Å². The molecular weight excluding hydrogens is 212 g/mol. The van der Waals surface area contributed by atoms with Crippen LogP contribution in [0.3, 0.4) is 0 Å². The number of anilines is 1. The van der Waals surface area contributed by atoms with E-state index in [9.17, 15) is 4.79 Å². The lowest BCUT2D eigenvalue weighted by atomic mass is 9.81. The van der Waals surface area contributed by atoms with Gasteiger partial charge in [0.1, 0.15) is 0 Å². The molecule has 17 heavy (non-hydrogen) atoms. The predicted octanol–water partition coefficient (Wildman–Crippen LogP) is 2.78. The first-order chi connectivity index (χ1) is 8.15. The fraction of sp³-hybridized carbons (Fsp3) is 0.500. The minimum atomic E-state index is -0.376. The number of primary amides is 1. The SMILES string of the molecule is CC(CC1CCC1)Nc1ccc(C(N)=O)cc1. The van der Waals surface area contributed by atoms with Crippen molar-refractivity contribution in [2.75, 3.05) is 5.32 Å². The molecule has 0 aliphatic heterocycles. The monoisotopic (exact) mass is 232 g/mol. The molecule has 2 rings (SSSR count). The third-order valence-electron chi connectivity index (χ3n) is 3.49. The minimum absolute atomic E-state index is 0.376. The molecule has 1 saturated carbocycles. The van der Waals surface area contributed by atoms with Gasteiger partial charge in [0.05, 0.1) is 0 Å². The molecule has 1 aromatic rings. The van der Waals surface area contributed by atoms with Gasteiger partial charge >= 0.3 is 0 Å². The smallest absolute Gasteiger partial charge is 0.248 e. The van der Waals surface area contributed by atoms with Crippen LogP contribution in [0.25, 0.3) is 0 Å². The number of amides is 1. The summed E-state index contributed by atoms with van der Waals surface area (Å²) in [5.74, 6) is 0.529. The van der Waals surface area contributed by atoms with Gasteiger partial charge in [0, 0.05) is 17.3 Å². The van der Waals surface area contributed by atoms with Crippen LogP contribution in [0.5, 0.6) is 0 Å². The summed E-state index contributed by atoms with van der Waals surface area (Å²) >= 11 is 0. The number of hydrogen-bond donors (Lipinski definition) is 2. The van der Waals surface area contributed by atoms with E-state index in [-0.39, 0.29) is 5.91 Å². The molecule has 0 bridgehead atoms. The maximum absolute atomic E-state index is 10.9. The summed E-state index contributed by atoms with van der Waals surface area (Å²) in [5, 5.41) is 3.46. The van der Waals surface area contributed by atoms with Crippen LogP contribution < -0.4 is 11.1 Å². The Labute approximate surface area is 102 Å². The highest BCUT2D eigenvalue weighted by Crippen LogP contribution is 2.31. The van der Waals surface area contributed by atoms with E-state index in [1.165, 1.54) is 25.7 Å². The average molecular weight is 232 g/mol. The molecule has 1 atom stereocenters. The van der Waals surface area contributed by atoms with Gasteiger partial charge in [0.25, 0.3) is 0 Å². The molecule has 0 spiro atoms. The zero-order chi connectivity index (χ0) is 12.3. The molecule has 1 aliphatic rings. The maximum atomic E-state index is 10.9. The molecule has 0 heterocycles. The van der Waals surface area contributed by atoms with Gasteiger partial charge in [-0.25, -0.2) is 0 Å². The van der Waals surface area contributed by atoms with Gasteiger partial charge in [-0.2, -0.15) is 0 Å². The zero-order valence-corrected chi connectivity index (χ0v) is 10.3. The molecule has 3 heteroatoms. The van der Waals surface area contributed by atoms with Crippen molar-refractivity contribution in [1.29, 1.82) is 0 Å². The summed E-state index contributed by atoms with van der Waals surface area (Å²) in [7, 11) is 0. The van der Waals surface area contributed by atoms with Crippen LogP contribution in [0.2, 0.25) is 0 Å². The first-order valence-corrected chi connectivity index (χ1v) is 6.31. The van der Waals surface area contributed by atoms with Gasteiger partial charge in [-0.1, -0.05) is 19.3 Å². The Balaban J connectivity index is 1.86. The van der Waals surface area contributed by atoms with E-state index in [2.05, 4.69) is 12.2 Å². The third kappa shape index (κ3) is 3.22. The Morgan fingerprint density at radius 2 is 2.06 bits per heavy atom. The molecule has 0 saturated heterocycles. The Morgan fingerprint density at radius 1 is 1.41 bits per heavy atom. The summed E-state index contributed by atoms with van der Waals surface area (Å²) < 4.78 is 0. The molecule has 3 N–H and O–H groups in total. The summed E-state index contributed by atoms with van der Waals surface area (Å²) in [5.41, 5.74) is 6.81. The highest BCUT2D eigenvalue weighted by atomic mass is 16.1. The Morgan fingerprint density at radius 3 is 2.53 bits per heavy atom. The highest BCUT2D eigenvalue weighted by molar-refractivity contribution is 5.93. The topological polar surface area (TPSA) is 55.1 Å². The molecule has 1 unspecified atom stereocenters. The van der Waals surface area contributed by atoms with Crippen LogP contribution in [0.1, 0.15) is 43.0 Å². The van der Waals surface area contributed by atoms with Crippen LogP contribution in [0, 0.1) is 5.92 Å². The number of carbonyl (C=O) groups excluding carboxylic acids is 1. The molecule has 92 valence electrons. The maximum Gasteiger partial charge on any atom is 0.248 e. The number of rotatable bonds is 5. The number of carbonyl (C=O) groups is 1. The van der Waals surface area contributed by atoms with Crippen LogP contribution in [0.4, 0.5) is 5.69 Å². The van der Waals surface area contributed by atoms with E-state index in [0.717, 1.165) is 11.6 Å². The molecule has 3 nitrogen and oxygen atoms in total. The van der Waals surface area contributed by atoms with E-state index in [0.29, 0.717) is 11.6 Å². The first-order valence-electron chi connectivity index (χ1n) is 6.31. The molecule has 0 aromatic heterocycles. The average Bonchev–Trinajstić information content (AvgIpc) is 2.24. The van der Waals surface area contributed by atoms with Crippen LogP contribution in [-0.4, -0.2) is 11.9 Å². The second-order valence-corrected chi connectivity index (χ2v) is 5.02. The molecule has 1 aliphatic carbocycles. The fourth-order valence-electron chi connectivity index (χ4n) is 2.30. The normalized spacial score (nSPS) is 17.2. The first kappa shape index (κ1) is 12.0. The van der Waals surface area contributed by atoms with E-state index in [1.807, 2.05) is 12.1 Å². The molecule has 1 aromatic carbocycles. The lowest BCUT2D eigenvalue weighted by Crippen LogP contribution is -2.23. The number of benzene rings is 1. The molecule has 0 radical (unpaired) electrons. The van der Waals surface area contributed by atoms with Crippen molar-refractivity contribution in [2.45, 2.75) is 38.6 Å². The Bertz CT molecular complexity index is 382. The number of nitrogens with two attached hydrogens (primary N) is 1. The van der Waals surface area contributed by atoms with E-state index in [1.54, 1.807) is 12.1 Å². The molecule has 1 fully saturated rings. The van der Waals surface area contributed by atoms with Crippen molar-refractivity contribution in [3.8, 4) is 0 Å². The predicted molar refractivity (Wildman–Crippen MR) is 70.0 cm³/mol. The van der Waals surface area contributed by atoms with Crippen LogP contribution in [-0.2, 0) is 0 Å². The summed E-state index contributed by atoms with van der Waals surface area (Å²) in [6, 6.07) is 7.84. The quantitative estimate of drug-likeness (QED) is 0.820. The van der Waals surface area contributed by atoms with Gasteiger partial charge in [0.2, 0.25) is 5.91 Å². The molecule has 1 amide bonds. The fourth-order valence-corrected chi connectivity index (χ4v) is 2.30. The summed E-state index contributed by atoms with van der Waals surface area (Å²) in [6.07, 6.45) is 5.39. The van der Waals surface area contributed by atoms with Crippen molar-refractivity contribution in [3.05, 3.63) is 29.8 Å². The van der Waals surface area contributed by atoms with Gasteiger partial charge in [-0.3, -0.25) is 4.79 Å². The summed E-state index contributed by atoms with van der Waals surface area (Å²) in [4.78, 5) is 10.9. The van der Waals surface area contributed by atoms with Gasteiger partial charge in [0.15, 0.2) is 0 Å². The zero-order valence-electron chi connectivity index (χ0n) is 10.3. The van der Waals surface area contributed by atoms with Crippen LogP contribution in [0.15, 0.2) is 24.3 Å². The van der Waals surface area contributed by atoms with Crippen molar-refractivity contribution in [2.24, 2.45) is 11.7 Å². The number of nitrogens with one attached hydrogen (secondary N) is 1. The van der Waals surface area contributed by atoms with E-state index in [4.69, 9.17) is 5.73 Å². The van der Waals surface area contributed by atoms with Crippen molar-refractivity contribution in [3.63, 3.8) is 0 Å². The summed E-state index contributed by atoms with van der Waals surface area (Å²) in [6.45, 7) is 2.21. The second-order valence-electron chi connectivity index (χ2n) is 5.02. The van der Waals surface area contributed by atoms with E-state index < -0.39 is 0 Å².